The number of nitrogens with one attached hydrogen (secondary N) is 1. The molecule has 6 heteroatoms. The molecule has 1 amide bonds. The van der Waals surface area contributed by atoms with Crippen molar-refractivity contribution in [3.05, 3.63) is 100 Å². The van der Waals surface area contributed by atoms with Crippen LogP contribution in [0.4, 0.5) is 4.39 Å². The van der Waals surface area contributed by atoms with Gasteiger partial charge in [-0.05, 0) is 29.8 Å². The highest BCUT2D eigenvalue weighted by Crippen LogP contribution is 2.11. The molecule has 0 bridgehead atoms. The van der Waals surface area contributed by atoms with Gasteiger partial charge in [-0.2, -0.15) is 0 Å². The fraction of sp³-hybridized carbons (Fsp3) is 0.143. The van der Waals surface area contributed by atoms with Crippen LogP contribution in [0.2, 0.25) is 0 Å². The number of carbonyl (C=O) groups excluding carboxylic acids is 1. The number of nitrogens with zero attached hydrogens (tertiary/aromatic N) is 1. The number of carbonyl (C=O) groups is 1. The van der Waals surface area contributed by atoms with Crippen molar-refractivity contribution in [1.82, 2.24) is 9.88 Å². The van der Waals surface area contributed by atoms with Crippen molar-refractivity contribution < 1.29 is 13.9 Å². The van der Waals surface area contributed by atoms with Crippen LogP contribution >= 0.6 is 0 Å². The third-order valence-electron chi connectivity index (χ3n) is 3.91. The molecule has 0 radical (unpaired) electrons. The lowest BCUT2D eigenvalue weighted by Crippen LogP contribution is -2.34. The Morgan fingerprint density at radius 2 is 1.85 bits per heavy atom. The summed E-state index contributed by atoms with van der Waals surface area (Å²) in [5, 5.41) is 2.64. The molecule has 1 N–H and O–H groups in total. The molecule has 0 fully saturated rings. The number of ether oxygens (including phenoxy) is 1. The normalized spacial score (nSPS) is 10.4. The minimum absolute atomic E-state index is 0.0687. The number of hydrogen-bond donors (Lipinski definition) is 1. The van der Waals surface area contributed by atoms with Gasteiger partial charge in [0.05, 0.1) is 13.1 Å². The molecule has 0 unspecified atom stereocenters. The molecule has 3 aromatic rings. The molecular formula is C21H19FN2O3. The van der Waals surface area contributed by atoms with Gasteiger partial charge in [0, 0.05) is 12.3 Å². The van der Waals surface area contributed by atoms with Crippen LogP contribution in [0.5, 0.6) is 5.75 Å². The first-order valence-electron chi connectivity index (χ1n) is 8.53. The molecule has 138 valence electrons. The van der Waals surface area contributed by atoms with E-state index in [1.807, 2.05) is 30.3 Å². The maximum Gasteiger partial charge on any atom is 0.263 e. The zero-order chi connectivity index (χ0) is 19.1. The van der Waals surface area contributed by atoms with E-state index in [-0.39, 0.29) is 30.1 Å². The van der Waals surface area contributed by atoms with Crippen molar-refractivity contribution in [3.63, 3.8) is 0 Å². The van der Waals surface area contributed by atoms with E-state index in [2.05, 4.69) is 5.32 Å². The van der Waals surface area contributed by atoms with Gasteiger partial charge in [-0.25, -0.2) is 4.39 Å². The highest BCUT2D eigenvalue weighted by atomic mass is 19.1. The Morgan fingerprint density at radius 1 is 1.04 bits per heavy atom. The highest BCUT2D eigenvalue weighted by molar-refractivity contribution is 5.93. The Hall–Kier alpha value is -3.41. The predicted molar refractivity (Wildman–Crippen MR) is 100 cm³/mol. The van der Waals surface area contributed by atoms with Crippen LogP contribution < -0.4 is 15.6 Å². The van der Waals surface area contributed by atoms with Crippen molar-refractivity contribution in [2.24, 2.45) is 0 Å². The van der Waals surface area contributed by atoms with Crippen LogP contribution in [0.25, 0.3) is 0 Å². The minimum Gasteiger partial charge on any atom is -0.492 e. The van der Waals surface area contributed by atoms with E-state index in [1.54, 1.807) is 24.4 Å². The third-order valence-corrected chi connectivity index (χ3v) is 3.91. The molecule has 0 spiro atoms. The maximum absolute atomic E-state index is 13.1. The molecule has 3 rings (SSSR count). The first-order chi connectivity index (χ1) is 13.1. The summed E-state index contributed by atoms with van der Waals surface area (Å²) >= 11 is 0. The molecule has 1 heterocycles. The van der Waals surface area contributed by atoms with Gasteiger partial charge in [0.2, 0.25) is 0 Å². The van der Waals surface area contributed by atoms with Crippen molar-refractivity contribution in [1.29, 1.82) is 0 Å². The molecule has 0 atom stereocenters. The fourth-order valence-electron chi connectivity index (χ4n) is 2.60. The molecule has 0 aliphatic heterocycles. The van der Waals surface area contributed by atoms with E-state index in [4.69, 9.17) is 4.74 Å². The molecule has 5 nitrogen and oxygen atoms in total. The third kappa shape index (κ3) is 5.04. The first-order valence-corrected chi connectivity index (χ1v) is 8.53. The summed E-state index contributed by atoms with van der Waals surface area (Å²) in [6.45, 7) is 0.756. The zero-order valence-corrected chi connectivity index (χ0v) is 14.6. The van der Waals surface area contributed by atoms with Gasteiger partial charge in [-0.1, -0.05) is 36.4 Å². The highest BCUT2D eigenvalue weighted by Gasteiger charge is 2.12. The molecule has 0 aliphatic rings. The quantitative estimate of drug-likeness (QED) is 0.654. The second-order valence-corrected chi connectivity index (χ2v) is 5.90. The average Bonchev–Trinajstić information content (AvgIpc) is 2.68. The number of aromatic nitrogens is 1. The van der Waals surface area contributed by atoms with Crippen molar-refractivity contribution in [3.8, 4) is 5.75 Å². The van der Waals surface area contributed by atoms with E-state index >= 15 is 0 Å². The second-order valence-electron chi connectivity index (χ2n) is 5.90. The number of benzene rings is 2. The summed E-state index contributed by atoms with van der Waals surface area (Å²) in [6, 6.07) is 18.5. The van der Waals surface area contributed by atoms with Gasteiger partial charge in [-0.15, -0.1) is 0 Å². The van der Waals surface area contributed by atoms with E-state index in [0.29, 0.717) is 12.3 Å². The first kappa shape index (κ1) is 18.4. The predicted octanol–water partition coefficient (Wildman–Crippen LogP) is 2.84. The van der Waals surface area contributed by atoms with Crippen molar-refractivity contribution in [2.75, 3.05) is 13.2 Å². The lowest BCUT2D eigenvalue weighted by atomic mass is 10.2. The Kier molecular flexibility index (Phi) is 5.99. The van der Waals surface area contributed by atoms with Gasteiger partial charge in [0.15, 0.2) is 0 Å². The van der Waals surface area contributed by atoms with Gasteiger partial charge in [-0.3, -0.25) is 9.59 Å². The molecule has 1 aromatic heterocycles. The number of pyridine rings is 1. The van der Waals surface area contributed by atoms with Crippen LogP contribution in [-0.2, 0) is 6.54 Å². The lowest BCUT2D eigenvalue weighted by molar-refractivity contribution is 0.0945. The van der Waals surface area contributed by atoms with Gasteiger partial charge in [0.1, 0.15) is 23.7 Å². The Bertz CT molecular complexity index is 970. The molecular weight excluding hydrogens is 347 g/mol. The van der Waals surface area contributed by atoms with Gasteiger partial charge < -0.3 is 14.6 Å². The second kappa shape index (κ2) is 8.80. The van der Waals surface area contributed by atoms with Crippen LogP contribution in [0.3, 0.4) is 0 Å². The molecule has 27 heavy (non-hydrogen) atoms. The summed E-state index contributed by atoms with van der Waals surface area (Å²) in [6.07, 6.45) is 1.65. The smallest absolute Gasteiger partial charge is 0.263 e. The van der Waals surface area contributed by atoms with E-state index in [1.165, 1.54) is 22.8 Å². The SMILES string of the molecule is O=C(NCCOc1cccc(F)c1)c1cccn(Cc2ccccc2)c1=O. The van der Waals surface area contributed by atoms with E-state index in [9.17, 15) is 14.0 Å². The van der Waals surface area contributed by atoms with E-state index < -0.39 is 5.91 Å². The van der Waals surface area contributed by atoms with Crippen LogP contribution in [0, 0.1) is 5.82 Å². The summed E-state index contributed by atoms with van der Waals surface area (Å²) < 4.78 is 19.9. The van der Waals surface area contributed by atoms with E-state index in [0.717, 1.165) is 5.56 Å². The summed E-state index contributed by atoms with van der Waals surface area (Å²) in [4.78, 5) is 24.8. The molecule has 0 aliphatic carbocycles. The maximum atomic E-state index is 13.1. The Morgan fingerprint density at radius 3 is 2.63 bits per heavy atom. The van der Waals surface area contributed by atoms with Crippen LogP contribution in [-0.4, -0.2) is 23.6 Å². The number of rotatable bonds is 7. The minimum atomic E-state index is -0.467. The number of halogens is 1. The zero-order valence-electron chi connectivity index (χ0n) is 14.6. The summed E-state index contributed by atoms with van der Waals surface area (Å²) in [7, 11) is 0. The standard InChI is InChI=1S/C21H19FN2O3/c22-17-8-4-9-18(14-17)27-13-11-23-20(25)19-10-5-12-24(21(19)26)15-16-6-2-1-3-7-16/h1-10,12,14H,11,13,15H2,(H,23,25). The number of amides is 1. The summed E-state index contributed by atoms with van der Waals surface area (Å²) in [5.74, 6) is -0.473. The number of hydrogen-bond acceptors (Lipinski definition) is 3. The summed E-state index contributed by atoms with van der Waals surface area (Å²) in [5.41, 5.74) is 0.685. The van der Waals surface area contributed by atoms with Crippen molar-refractivity contribution >= 4 is 5.91 Å². The van der Waals surface area contributed by atoms with Gasteiger partial charge in [0.25, 0.3) is 11.5 Å². The topological polar surface area (TPSA) is 60.3 Å². The average molecular weight is 366 g/mol. The van der Waals surface area contributed by atoms with Gasteiger partial charge >= 0.3 is 0 Å². The fourth-order valence-corrected chi connectivity index (χ4v) is 2.60. The Balaban J connectivity index is 1.58. The van der Waals surface area contributed by atoms with Crippen LogP contribution in [0.15, 0.2) is 77.7 Å². The van der Waals surface area contributed by atoms with Crippen molar-refractivity contribution in [2.45, 2.75) is 6.54 Å². The molecule has 0 saturated carbocycles. The van der Waals surface area contributed by atoms with Crippen LogP contribution in [0.1, 0.15) is 15.9 Å². The molecule has 2 aromatic carbocycles. The lowest BCUT2D eigenvalue weighted by Gasteiger charge is -2.10. The Labute approximate surface area is 156 Å². The largest absolute Gasteiger partial charge is 0.492 e. The molecule has 0 saturated heterocycles. The monoisotopic (exact) mass is 366 g/mol.